The van der Waals surface area contributed by atoms with Crippen LogP contribution in [0.1, 0.15) is 41.6 Å². The number of benzene rings is 2. The fraction of sp³-hybridized carbons (Fsp3) is 0.440. The third-order valence-electron chi connectivity index (χ3n) is 6.21. The van der Waals surface area contributed by atoms with Crippen molar-refractivity contribution in [2.45, 2.75) is 44.4 Å². The largest absolute Gasteiger partial charge is 0.491 e. The highest BCUT2D eigenvalue weighted by molar-refractivity contribution is 5.98. The molecule has 0 radical (unpaired) electrons. The molecular formula is C25H29NO5. The SMILES string of the molecule is COCCOc1ccc(C(=O)C2CC3CCC(C2)N3C(=O)OCc2ccccc2)cc1. The number of fused-ring (bicyclic) bond motifs is 2. The average Bonchev–Trinajstić information content (AvgIpc) is 3.07. The van der Waals surface area contributed by atoms with Gasteiger partial charge >= 0.3 is 6.09 Å². The smallest absolute Gasteiger partial charge is 0.410 e. The zero-order valence-electron chi connectivity index (χ0n) is 17.9. The van der Waals surface area contributed by atoms with E-state index in [-0.39, 0.29) is 36.5 Å². The Morgan fingerprint density at radius 2 is 1.61 bits per heavy atom. The summed E-state index contributed by atoms with van der Waals surface area (Å²) >= 11 is 0. The number of amides is 1. The van der Waals surface area contributed by atoms with Crippen molar-refractivity contribution in [1.82, 2.24) is 4.90 Å². The molecule has 0 aromatic heterocycles. The van der Waals surface area contributed by atoms with Crippen molar-refractivity contribution >= 4 is 11.9 Å². The highest BCUT2D eigenvalue weighted by Crippen LogP contribution is 2.40. The molecule has 2 saturated heterocycles. The van der Waals surface area contributed by atoms with Crippen LogP contribution in [0.3, 0.4) is 0 Å². The number of hydrogen-bond acceptors (Lipinski definition) is 5. The fourth-order valence-electron chi connectivity index (χ4n) is 4.68. The maximum atomic E-state index is 13.1. The molecule has 164 valence electrons. The summed E-state index contributed by atoms with van der Waals surface area (Å²) in [5.41, 5.74) is 1.67. The van der Waals surface area contributed by atoms with Crippen molar-refractivity contribution in [1.29, 1.82) is 0 Å². The number of methoxy groups -OCH3 is 1. The Kier molecular flexibility index (Phi) is 6.87. The van der Waals surface area contributed by atoms with Crippen molar-refractivity contribution in [2.24, 2.45) is 5.92 Å². The molecule has 0 saturated carbocycles. The van der Waals surface area contributed by atoms with Crippen LogP contribution in [0.25, 0.3) is 0 Å². The number of rotatable bonds is 8. The fourth-order valence-corrected chi connectivity index (χ4v) is 4.68. The molecule has 2 unspecified atom stereocenters. The van der Waals surface area contributed by atoms with E-state index in [4.69, 9.17) is 14.2 Å². The van der Waals surface area contributed by atoms with Gasteiger partial charge < -0.3 is 19.1 Å². The van der Waals surface area contributed by atoms with Gasteiger partial charge in [0.2, 0.25) is 0 Å². The Hall–Kier alpha value is -2.86. The number of piperidine rings is 1. The van der Waals surface area contributed by atoms with Crippen LogP contribution in [-0.4, -0.2) is 49.2 Å². The molecule has 31 heavy (non-hydrogen) atoms. The number of carbonyl (C=O) groups excluding carboxylic acids is 2. The van der Waals surface area contributed by atoms with E-state index in [1.54, 1.807) is 7.11 Å². The number of ether oxygens (including phenoxy) is 3. The van der Waals surface area contributed by atoms with Gasteiger partial charge in [-0.05, 0) is 55.5 Å². The van der Waals surface area contributed by atoms with Gasteiger partial charge in [0.25, 0.3) is 0 Å². The molecular weight excluding hydrogens is 394 g/mol. The van der Waals surface area contributed by atoms with Crippen LogP contribution in [0.5, 0.6) is 5.75 Å². The van der Waals surface area contributed by atoms with Gasteiger partial charge in [-0.2, -0.15) is 0 Å². The van der Waals surface area contributed by atoms with E-state index in [1.807, 2.05) is 59.5 Å². The summed E-state index contributed by atoms with van der Waals surface area (Å²) < 4.78 is 16.1. The molecule has 2 aromatic rings. The topological polar surface area (TPSA) is 65.1 Å². The molecule has 4 rings (SSSR count). The van der Waals surface area contributed by atoms with Crippen LogP contribution in [0.2, 0.25) is 0 Å². The average molecular weight is 424 g/mol. The molecule has 2 aliphatic rings. The second-order valence-electron chi connectivity index (χ2n) is 8.23. The van der Waals surface area contributed by atoms with Gasteiger partial charge in [0.15, 0.2) is 5.78 Å². The molecule has 0 N–H and O–H groups in total. The zero-order chi connectivity index (χ0) is 21.6. The van der Waals surface area contributed by atoms with E-state index in [0.717, 1.165) is 24.2 Å². The molecule has 2 bridgehead atoms. The third kappa shape index (κ3) is 5.07. The Bertz CT molecular complexity index is 869. The van der Waals surface area contributed by atoms with Gasteiger partial charge in [-0.1, -0.05) is 30.3 Å². The van der Waals surface area contributed by atoms with Gasteiger partial charge in [-0.3, -0.25) is 4.79 Å². The summed E-state index contributed by atoms with van der Waals surface area (Å²) in [4.78, 5) is 27.7. The van der Waals surface area contributed by atoms with Crippen LogP contribution in [0.15, 0.2) is 54.6 Å². The van der Waals surface area contributed by atoms with E-state index >= 15 is 0 Å². The predicted octanol–water partition coefficient (Wildman–Crippen LogP) is 4.47. The highest BCUT2D eigenvalue weighted by atomic mass is 16.6. The summed E-state index contributed by atoms with van der Waals surface area (Å²) in [6.07, 6.45) is 2.99. The van der Waals surface area contributed by atoms with Gasteiger partial charge in [-0.25, -0.2) is 4.79 Å². The second kappa shape index (κ2) is 9.96. The van der Waals surface area contributed by atoms with Gasteiger partial charge in [0.1, 0.15) is 19.0 Å². The normalized spacial score (nSPS) is 22.2. The monoisotopic (exact) mass is 423 g/mol. The summed E-state index contributed by atoms with van der Waals surface area (Å²) in [7, 11) is 1.63. The highest BCUT2D eigenvalue weighted by Gasteiger charge is 2.45. The van der Waals surface area contributed by atoms with Gasteiger partial charge in [0, 0.05) is 30.7 Å². The molecule has 2 atom stereocenters. The number of nitrogens with zero attached hydrogens (tertiary/aromatic N) is 1. The van der Waals surface area contributed by atoms with Crippen molar-refractivity contribution in [2.75, 3.05) is 20.3 Å². The Labute approximate surface area is 183 Å². The lowest BCUT2D eigenvalue weighted by Crippen LogP contribution is -2.48. The summed E-state index contributed by atoms with van der Waals surface area (Å²) in [5, 5.41) is 0. The van der Waals surface area contributed by atoms with Crippen LogP contribution >= 0.6 is 0 Å². The summed E-state index contributed by atoms with van der Waals surface area (Å²) in [6.45, 7) is 1.28. The Balaban J connectivity index is 1.33. The lowest BCUT2D eigenvalue weighted by molar-refractivity contribution is 0.0485. The number of ketones is 1. The van der Waals surface area contributed by atoms with Crippen LogP contribution < -0.4 is 4.74 Å². The molecule has 2 fully saturated rings. The predicted molar refractivity (Wildman–Crippen MR) is 116 cm³/mol. The molecule has 1 amide bonds. The number of hydrogen-bond donors (Lipinski definition) is 0. The molecule has 2 aromatic carbocycles. The van der Waals surface area contributed by atoms with E-state index in [9.17, 15) is 9.59 Å². The molecule has 0 aliphatic carbocycles. The molecule has 6 heteroatoms. The lowest BCUT2D eigenvalue weighted by Gasteiger charge is -2.37. The molecule has 0 spiro atoms. The van der Waals surface area contributed by atoms with Crippen molar-refractivity contribution < 1.29 is 23.8 Å². The first-order chi connectivity index (χ1) is 15.2. The first-order valence-corrected chi connectivity index (χ1v) is 10.9. The van der Waals surface area contributed by atoms with E-state index in [0.29, 0.717) is 31.6 Å². The minimum atomic E-state index is -0.264. The van der Waals surface area contributed by atoms with Crippen LogP contribution in [-0.2, 0) is 16.1 Å². The molecule has 2 heterocycles. The van der Waals surface area contributed by atoms with Crippen molar-refractivity contribution in [3.63, 3.8) is 0 Å². The zero-order valence-corrected chi connectivity index (χ0v) is 17.9. The van der Waals surface area contributed by atoms with Crippen molar-refractivity contribution in [3.8, 4) is 5.75 Å². The molecule has 2 aliphatic heterocycles. The molecule has 6 nitrogen and oxygen atoms in total. The van der Waals surface area contributed by atoms with Crippen molar-refractivity contribution in [3.05, 3.63) is 65.7 Å². The summed E-state index contributed by atoms with van der Waals surface area (Å²) in [5.74, 6) is 0.818. The van der Waals surface area contributed by atoms with E-state index in [2.05, 4.69) is 0 Å². The van der Waals surface area contributed by atoms with E-state index in [1.165, 1.54) is 0 Å². The minimum Gasteiger partial charge on any atom is -0.491 e. The van der Waals surface area contributed by atoms with Crippen LogP contribution in [0.4, 0.5) is 4.79 Å². The Morgan fingerprint density at radius 1 is 0.935 bits per heavy atom. The van der Waals surface area contributed by atoms with Gasteiger partial charge in [0.05, 0.1) is 6.61 Å². The van der Waals surface area contributed by atoms with Gasteiger partial charge in [-0.15, -0.1) is 0 Å². The van der Waals surface area contributed by atoms with E-state index < -0.39 is 0 Å². The number of Topliss-reactive ketones (excluding diaryl/α,β-unsaturated/α-hetero) is 1. The summed E-state index contributed by atoms with van der Waals surface area (Å²) in [6, 6.07) is 17.2. The number of carbonyl (C=O) groups is 2. The Morgan fingerprint density at radius 3 is 2.26 bits per heavy atom. The van der Waals surface area contributed by atoms with Crippen LogP contribution in [0, 0.1) is 5.92 Å². The second-order valence-corrected chi connectivity index (χ2v) is 8.23. The first kappa shape index (κ1) is 21.4. The standard InChI is InChI=1S/C25H29NO5/c1-29-13-14-30-23-11-7-19(8-12-23)24(27)20-15-21-9-10-22(16-20)26(21)25(28)31-17-18-5-3-2-4-6-18/h2-8,11-12,20-22H,9-10,13-17H2,1H3. The maximum absolute atomic E-state index is 13.1. The first-order valence-electron chi connectivity index (χ1n) is 10.9. The minimum absolute atomic E-state index is 0.0593. The quantitative estimate of drug-likeness (QED) is 0.463. The lowest BCUT2D eigenvalue weighted by atomic mass is 9.85. The maximum Gasteiger partial charge on any atom is 0.410 e. The third-order valence-corrected chi connectivity index (χ3v) is 6.21.